The Hall–Kier alpha value is -2.26. The Kier molecular flexibility index (Phi) is 8.82. The van der Waals surface area contributed by atoms with E-state index in [4.69, 9.17) is 10.5 Å². The largest absolute Gasteiger partial charge is 0.488 e. The number of carbonyl (C=O) groups is 1. The number of ether oxygens (including phenoxy) is 1. The summed E-state index contributed by atoms with van der Waals surface area (Å²) < 4.78 is 41.4. The molecule has 226 valence electrons. The molecule has 4 aliphatic heterocycles. The molecule has 2 bridgehead atoms. The molecule has 0 aromatic carbocycles. The van der Waals surface area contributed by atoms with E-state index in [9.17, 15) is 9.18 Å². The maximum atomic E-state index is 15.6. The van der Waals surface area contributed by atoms with Crippen molar-refractivity contribution in [2.75, 3.05) is 26.7 Å². The number of carbonyl (C=O) groups excluding carboxylic acids is 1. The molecule has 5 N–H and O–H groups in total. The first-order valence-corrected chi connectivity index (χ1v) is 16.0. The Labute approximate surface area is 242 Å². The third-order valence-electron chi connectivity index (χ3n) is 10.3. The molecule has 0 spiro atoms. The Morgan fingerprint density at radius 2 is 1.88 bits per heavy atom. The van der Waals surface area contributed by atoms with E-state index >= 15 is 4.39 Å². The average Bonchev–Trinajstić information content (AvgIpc) is 3.04. The van der Waals surface area contributed by atoms with Crippen LogP contribution in [0.15, 0.2) is 22.9 Å². The first-order chi connectivity index (χ1) is 19.9. The van der Waals surface area contributed by atoms with Crippen LogP contribution in [0.1, 0.15) is 77.0 Å². The average molecular weight is 574 g/mol. The van der Waals surface area contributed by atoms with Gasteiger partial charge in [-0.1, -0.05) is 30.4 Å². The number of hydrogen-bond donors (Lipinski definition) is 4. The predicted molar refractivity (Wildman–Crippen MR) is 156 cm³/mol. The Morgan fingerprint density at radius 3 is 2.66 bits per heavy atom. The van der Waals surface area contributed by atoms with E-state index in [1.54, 1.807) is 0 Å². The molecular formula is C31H47F2N6O2+. The van der Waals surface area contributed by atoms with Gasteiger partial charge in [-0.3, -0.25) is 10.1 Å². The fourth-order valence-electron chi connectivity index (χ4n) is 8.05. The van der Waals surface area contributed by atoms with Crippen LogP contribution in [0.3, 0.4) is 0 Å². The van der Waals surface area contributed by atoms with E-state index in [0.717, 1.165) is 88.7 Å². The number of nitrogens with two attached hydrogens (primary N) is 1. The van der Waals surface area contributed by atoms with Gasteiger partial charge in [0.1, 0.15) is 18.2 Å². The van der Waals surface area contributed by atoms with Crippen molar-refractivity contribution in [1.82, 2.24) is 25.5 Å². The lowest BCUT2D eigenvalue weighted by molar-refractivity contribution is -0.125. The molecule has 0 radical (unpaired) electrons. The van der Waals surface area contributed by atoms with Gasteiger partial charge in [-0.2, -0.15) is 4.39 Å². The molecule has 3 fully saturated rings. The van der Waals surface area contributed by atoms with Crippen LogP contribution in [0, 0.1) is 17.8 Å². The molecule has 2 saturated carbocycles. The summed E-state index contributed by atoms with van der Waals surface area (Å²) >= 11 is 0. The molecule has 10 heteroatoms. The summed E-state index contributed by atoms with van der Waals surface area (Å²) in [5.41, 5.74) is 9.47. The summed E-state index contributed by atoms with van der Waals surface area (Å²) in [4.78, 5) is 16.6. The number of piperidine rings is 1. The number of rotatable bonds is 5. The first-order valence-electron chi connectivity index (χ1n) is 16.0. The van der Waals surface area contributed by atoms with E-state index in [2.05, 4.69) is 32.6 Å². The van der Waals surface area contributed by atoms with Crippen molar-refractivity contribution in [3.05, 3.63) is 22.9 Å². The summed E-state index contributed by atoms with van der Waals surface area (Å²) in [5.74, 6) is -1.07. The van der Waals surface area contributed by atoms with Gasteiger partial charge in [-0.25, -0.2) is 4.39 Å². The van der Waals surface area contributed by atoms with Gasteiger partial charge < -0.3 is 26.0 Å². The van der Waals surface area contributed by atoms with Crippen molar-refractivity contribution in [3.8, 4) is 0 Å². The zero-order chi connectivity index (χ0) is 28.5. The molecule has 6 rings (SSSR count). The molecule has 6 unspecified atom stereocenters. The predicted octanol–water partition coefficient (Wildman–Crippen LogP) is 2.58. The van der Waals surface area contributed by atoms with Crippen LogP contribution in [0.25, 0.3) is 0 Å². The van der Waals surface area contributed by atoms with Crippen molar-refractivity contribution in [2.24, 2.45) is 23.5 Å². The van der Waals surface area contributed by atoms with E-state index in [-0.39, 0.29) is 42.2 Å². The lowest BCUT2D eigenvalue weighted by atomic mass is 9.76. The molecule has 8 nitrogen and oxygen atoms in total. The summed E-state index contributed by atoms with van der Waals surface area (Å²) in [6, 6.07) is -0.886. The molecule has 6 atom stereocenters. The van der Waals surface area contributed by atoms with E-state index < -0.39 is 30.1 Å². The number of alkyl halides is 1. The summed E-state index contributed by atoms with van der Waals surface area (Å²) in [6.45, 7) is 1.92. The van der Waals surface area contributed by atoms with Crippen LogP contribution < -0.4 is 26.4 Å². The smallest absolute Gasteiger partial charge is 0.331 e. The molecule has 1 amide bonds. The highest BCUT2D eigenvalue weighted by molar-refractivity contribution is 6.02. The topological polar surface area (TPSA) is 106 Å². The molecule has 1 saturated heterocycles. The SMILES string of the molecule is CN1CCC(OC2=C(F)C=[N+]=C(C3CCCCC3)C2NC(=O)C2C3=C4CCCCC4C(CC(F)CN3)NC2N)CC1. The van der Waals surface area contributed by atoms with Gasteiger partial charge in [0.15, 0.2) is 11.8 Å². The highest BCUT2D eigenvalue weighted by atomic mass is 19.1. The van der Waals surface area contributed by atoms with Gasteiger partial charge in [0.25, 0.3) is 0 Å². The third-order valence-corrected chi connectivity index (χ3v) is 10.3. The second kappa shape index (κ2) is 12.5. The van der Waals surface area contributed by atoms with Crippen LogP contribution in [-0.4, -0.2) is 79.9 Å². The molecular weight excluding hydrogens is 526 g/mol. The fourth-order valence-corrected chi connectivity index (χ4v) is 8.05. The minimum absolute atomic E-state index is 0.102. The molecule has 4 heterocycles. The van der Waals surface area contributed by atoms with Crippen molar-refractivity contribution in [3.63, 3.8) is 0 Å². The quantitative estimate of drug-likeness (QED) is 0.377. The van der Waals surface area contributed by atoms with Crippen LogP contribution in [-0.2, 0) is 9.53 Å². The number of halogens is 2. The number of hydrogen-bond acceptors (Lipinski definition) is 6. The molecule has 2 aliphatic carbocycles. The molecule has 0 aromatic rings. The lowest BCUT2D eigenvalue weighted by Crippen LogP contribution is -2.57. The second-order valence-corrected chi connectivity index (χ2v) is 13.1. The fraction of sp³-hybridized carbons (Fsp3) is 0.774. The van der Waals surface area contributed by atoms with Gasteiger partial charge in [0.05, 0.1) is 12.1 Å². The zero-order valence-electron chi connectivity index (χ0n) is 24.3. The van der Waals surface area contributed by atoms with Crippen molar-refractivity contribution in [2.45, 2.75) is 108 Å². The van der Waals surface area contributed by atoms with Gasteiger partial charge in [0.2, 0.25) is 11.7 Å². The monoisotopic (exact) mass is 573 g/mol. The van der Waals surface area contributed by atoms with Gasteiger partial charge >= 0.3 is 11.9 Å². The minimum atomic E-state index is -1.02. The number of nitrogens with one attached hydrogen (secondary N) is 3. The molecule has 41 heavy (non-hydrogen) atoms. The lowest BCUT2D eigenvalue weighted by Gasteiger charge is -2.35. The Morgan fingerprint density at radius 1 is 1.12 bits per heavy atom. The van der Waals surface area contributed by atoms with Crippen LogP contribution in [0.2, 0.25) is 0 Å². The second-order valence-electron chi connectivity index (χ2n) is 13.1. The van der Waals surface area contributed by atoms with Crippen LogP contribution in [0.5, 0.6) is 0 Å². The number of likely N-dealkylation sites (tertiary alicyclic amines) is 1. The van der Waals surface area contributed by atoms with E-state index in [1.807, 2.05) is 0 Å². The summed E-state index contributed by atoms with van der Waals surface area (Å²) in [5, 5.41) is 9.97. The number of nitrogens with zero attached hydrogens (tertiary/aromatic N) is 2. The maximum Gasteiger partial charge on any atom is 0.331 e. The van der Waals surface area contributed by atoms with Gasteiger partial charge in [-0.05, 0) is 69.9 Å². The van der Waals surface area contributed by atoms with Crippen LogP contribution >= 0.6 is 0 Å². The molecule has 6 aliphatic rings. The van der Waals surface area contributed by atoms with E-state index in [1.165, 1.54) is 18.2 Å². The minimum Gasteiger partial charge on any atom is -0.488 e. The zero-order valence-corrected chi connectivity index (χ0v) is 24.3. The highest BCUT2D eigenvalue weighted by Crippen LogP contribution is 2.41. The highest BCUT2D eigenvalue weighted by Gasteiger charge is 2.47. The van der Waals surface area contributed by atoms with Crippen LogP contribution in [0.4, 0.5) is 8.78 Å². The Balaban J connectivity index is 1.31. The third kappa shape index (κ3) is 6.12. The van der Waals surface area contributed by atoms with E-state index in [0.29, 0.717) is 6.42 Å². The standard InChI is InChI=1S/C31H46F2N6O2/c1-39-13-11-20(12-14-39)41-29-23(33)17-36-26(18-7-3-2-4-8-18)28(29)38-31(40)25-27-22-10-6-5-9-21(22)24(37-30(25)34)15-19(32)16-35-27/h17-21,24-25,28,30,35,37H,2-16,34H2,1H3/p+1. The van der Waals surface area contributed by atoms with Crippen molar-refractivity contribution < 1.29 is 18.3 Å². The first kappa shape index (κ1) is 28.8. The normalized spacial score (nSPS) is 35.7. The summed E-state index contributed by atoms with van der Waals surface area (Å²) in [7, 11) is 2.08. The van der Waals surface area contributed by atoms with Gasteiger partial charge in [0, 0.05) is 31.4 Å². The Bertz CT molecular complexity index is 1120. The number of allylic oxidation sites excluding steroid dienone is 1. The van der Waals surface area contributed by atoms with Crippen molar-refractivity contribution >= 4 is 17.8 Å². The maximum absolute atomic E-state index is 15.6. The molecule has 0 aromatic heterocycles. The van der Waals surface area contributed by atoms with Gasteiger partial charge in [-0.15, -0.1) is 0 Å². The van der Waals surface area contributed by atoms with Crippen molar-refractivity contribution in [1.29, 1.82) is 0 Å². The number of amides is 1. The summed E-state index contributed by atoms with van der Waals surface area (Å²) in [6.07, 6.45) is 10.7.